The molecule has 1 aromatic rings. The summed E-state index contributed by atoms with van der Waals surface area (Å²) in [6.45, 7) is 0. The molecule has 2 N–H and O–H groups in total. The van der Waals surface area contributed by atoms with E-state index in [0.29, 0.717) is 12.1 Å². The van der Waals surface area contributed by atoms with Gasteiger partial charge in [0, 0.05) is 0 Å². The summed E-state index contributed by atoms with van der Waals surface area (Å²) in [6.07, 6.45) is 0. The quantitative estimate of drug-likeness (QED) is 0.611. The summed E-state index contributed by atoms with van der Waals surface area (Å²) in [5, 5.41) is 0. The zero-order valence-electron chi connectivity index (χ0n) is 6.75. The molecule has 7 heteroatoms. The van der Waals surface area contributed by atoms with Crippen molar-refractivity contribution in [2.45, 2.75) is 10.7 Å². The molecule has 0 aliphatic rings. The molecule has 0 unspecified atom stereocenters. The molecule has 0 aliphatic heterocycles. The van der Waals surface area contributed by atoms with E-state index in [-0.39, 0.29) is 0 Å². The Hall–Kier alpha value is -1.24. The zero-order chi connectivity index (χ0) is 10.9. The Balaban J connectivity index is 3.35. The van der Waals surface area contributed by atoms with Gasteiger partial charge < -0.3 is 5.73 Å². The first-order chi connectivity index (χ1) is 6.35. The second-order valence-corrected chi connectivity index (χ2v) is 4.37. The van der Waals surface area contributed by atoms with Crippen LogP contribution in [0.4, 0.5) is 18.9 Å². The van der Waals surface area contributed by atoms with Gasteiger partial charge in [0.15, 0.2) is 0 Å². The first-order valence-corrected chi connectivity index (χ1v) is 4.97. The van der Waals surface area contributed by atoms with Gasteiger partial charge in [0.1, 0.15) is 5.82 Å². The van der Waals surface area contributed by atoms with E-state index in [4.69, 9.17) is 5.73 Å². The molecule has 0 aliphatic carbocycles. The molecular weight excluding hydrogens is 219 g/mol. The Labute approximate surface area is 78.3 Å². The number of nitrogens with two attached hydrogens (primary N) is 1. The number of halogens is 3. The Morgan fingerprint density at radius 3 is 2.29 bits per heavy atom. The summed E-state index contributed by atoms with van der Waals surface area (Å²) in [4.78, 5) is -0.756. The number of hydrogen-bond acceptors (Lipinski definition) is 3. The number of alkyl halides is 2. The van der Waals surface area contributed by atoms with Crippen LogP contribution in [0.15, 0.2) is 23.1 Å². The maximum Gasteiger partial charge on any atom is 0.341 e. The standard InChI is InChI=1S/C7H6F3NO2S/c8-4-1-2-6(5(11)3-4)14(12,13)7(9)10/h1-3,7H,11H2. The fraction of sp³-hybridized carbons (Fsp3) is 0.143. The lowest BCUT2D eigenvalue weighted by Gasteiger charge is -2.05. The first kappa shape index (κ1) is 10.8. The summed E-state index contributed by atoms with van der Waals surface area (Å²) >= 11 is 0. The smallest absolute Gasteiger partial charge is 0.341 e. The molecule has 0 fully saturated rings. The molecule has 0 bridgehead atoms. The molecule has 0 spiro atoms. The Bertz CT molecular complexity index is 444. The maximum atomic E-state index is 12.5. The summed E-state index contributed by atoms with van der Waals surface area (Å²) in [6, 6.07) is 2.15. The van der Waals surface area contributed by atoms with Gasteiger partial charge in [-0.05, 0) is 18.2 Å². The number of sulfone groups is 1. The van der Waals surface area contributed by atoms with Gasteiger partial charge in [-0.25, -0.2) is 12.8 Å². The zero-order valence-corrected chi connectivity index (χ0v) is 7.56. The highest BCUT2D eigenvalue weighted by Gasteiger charge is 2.28. The van der Waals surface area contributed by atoms with Gasteiger partial charge >= 0.3 is 5.76 Å². The average Bonchev–Trinajstić information content (AvgIpc) is 2.02. The Kier molecular flexibility index (Phi) is 2.70. The predicted octanol–water partition coefficient (Wildman–Crippen LogP) is 1.40. The highest BCUT2D eigenvalue weighted by atomic mass is 32.2. The molecule has 0 radical (unpaired) electrons. The third-order valence-electron chi connectivity index (χ3n) is 1.51. The van der Waals surface area contributed by atoms with E-state index in [1.54, 1.807) is 0 Å². The number of hydrogen-bond donors (Lipinski definition) is 1. The van der Waals surface area contributed by atoms with Gasteiger partial charge in [-0.1, -0.05) is 0 Å². The highest BCUT2D eigenvalue weighted by Crippen LogP contribution is 2.24. The molecule has 78 valence electrons. The second-order valence-electron chi connectivity index (χ2n) is 2.49. The van der Waals surface area contributed by atoms with Crippen molar-refractivity contribution in [2.24, 2.45) is 0 Å². The molecule has 0 saturated carbocycles. The molecule has 1 rings (SSSR count). The fourth-order valence-electron chi connectivity index (χ4n) is 0.874. The van der Waals surface area contributed by atoms with E-state index in [0.717, 1.165) is 6.07 Å². The van der Waals surface area contributed by atoms with Crippen LogP contribution >= 0.6 is 0 Å². The SMILES string of the molecule is Nc1cc(F)ccc1S(=O)(=O)C(F)F. The minimum Gasteiger partial charge on any atom is -0.398 e. The number of rotatable bonds is 2. The molecule has 0 aromatic heterocycles. The third-order valence-corrected chi connectivity index (χ3v) is 2.97. The molecular formula is C7H6F3NO2S. The van der Waals surface area contributed by atoms with Crippen LogP contribution in [0, 0.1) is 5.82 Å². The van der Waals surface area contributed by atoms with Crippen molar-refractivity contribution in [1.82, 2.24) is 0 Å². The van der Waals surface area contributed by atoms with Gasteiger partial charge in [0.2, 0.25) is 9.84 Å². The van der Waals surface area contributed by atoms with Gasteiger partial charge in [-0.15, -0.1) is 0 Å². The summed E-state index contributed by atoms with van der Waals surface area (Å²) in [5.41, 5.74) is 4.57. The van der Waals surface area contributed by atoms with Crippen molar-refractivity contribution in [3.05, 3.63) is 24.0 Å². The van der Waals surface area contributed by atoms with Gasteiger partial charge in [0.05, 0.1) is 10.6 Å². The average molecular weight is 225 g/mol. The van der Waals surface area contributed by atoms with Crippen LogP contribution < -0.4 is 5.73 Å². The van der Waals surface area contributed by atoms with E-state index in [9.17, 15) is 21.6 Å². The van der Waals surface area contributed by atoms with Crippen molar-refractivity contribution in [3.63, 3.8) is 0 Å². The van der Waals surface area contributed by atoms with Crippen LogP contribution in [0.2, 0.25) is 0 Å². The van der Waals surface area contributed by atoms with Crippen LogP contribution in [-0.4, -0.2) is 14.2 Å². The maximum absolute atomic E-state index is 12.5. The van der Waals surface area contributed by atoms with E-state index >= 15 is 0 Å². The summed E-state index contributed by atoms with van der Waals surface area (Å²) in [5.74, 6) is -4.34. The molecule has 0 amide bonds. The van der Waals surface area contributed by atoms with Crippen LogP contribution in [0.25, 0.3) is 0 Å². The number of benzene rings is 1. The van der Waals surface area contributed by atoms with Crippen molar-refractivity contribution in [3.8, 4) is 0 Å². The molecule has 3 nitrogen and oxygen atoms in total. The summed E-state index contributed by atoms with van der Waals surface area (Å²) in [7, 11) is -4.75. The van der Waals surface area contributed by atoms with Gasteiger partial charge in [0.25, 0.3) is 0 Å². The van der Waals surface area contributed by atoms with Gasteiger partial charge in [-0.3, -0.25) is 0 Å². The highest BCUT2D eigenvalue weighted by molar-refractivity contribution is 7.91. The molecule has 0 saturated heterocycles. The minimum atomic E-state index is -4.75. The van der Waals surface area contributed by atoms with Crippen LogP contribution in [0.1, 0.15) is 0 Å². The fourth-order valence-corrected chi connectivity index (χ4v) is 1.71. The first-order valence-electron chi connectivity index (χ1n) is 3.43. The third kappa shape index (κ3) is 1.82. The van der Waals surface area contributed by atoms with Crippen molar-refractivity contribution < 1.29 is 21.6 Å². The molecule has 1 aromatic carbocycles. The van der Waals surface area contributed by atoms with Crippen LogP contribution in [0.3, 0.4) is 0 Å². The van der Waals surface area contributed by atoms with E-state index < -0.39 is 32.0 Å². The number of anilines is 1. The molecule has 0 heterocycles. The van der Waals surface area contributed by atoms with Crippen LogP contribution in [-0.2, 0) is 9.84 Å². The molecule has 14 heavy (non-hydrogen) atoms. The topological polar surface area (TPSA) is 60.2 Å². The lowest BCUT2D eigenvalue weighted by atomic mass is 10.3. The lowest BCUT2D eigenvalue weighted by Crippen LogP contribution is -2.13. The largest absolute Gasteiger partial charge is 0.398 e. The number of nitrogen functional groups attached to an aromatic ring is 1. The minimum absolute atomic E-state index is 0.523. The van der Waals surface area contributed by atoms with E-state index in [1.807, 2.05) is 0 Å². The monoisotopic (exact) mass is 225 g/mol. The molecule has 0 atom stereocenters. The van der Waals surface area contributed by atoms with Crippen molar-refractivity contribution in [1.29, 1.82) is 0 Å². The van der Waals surface area contributed by atoms with Crippen molar-refractivity contribution >= 4 is 15.5 Å². The van der Waals surface area contributed by atoms with Gasteiger partial charge in [-0.2, -0.15) is 8.78 Å². The summed E-state index contributed by atoms with van der Waals surface area (Å²) < 4.78 is 58.4. The van der Waals surface area contributed by atoms with E-state index in [1.165, 1.54) is 0 Å². The lowest BCUT2D eigenvalue weighted by molar-refractivity contribution is 0.235. The van der Waals surface area contributed by atoms with Crippen molar-refractivity contribution in [2.75, 3.05) is 5.73 Å². The predicted molar refractivity (Wildman–Crippen MR) is 44.0 cm³/mol. The second kappa shape index (κ2) is 3.49. The van der Waals surface area contributed by atoms with E-state index in [2.05, 4.69) is 0 Å². The Morgan fingerprint density at radius 2 is 1.86 bits per heavy atom. The Morgan fingerprint density at radius 1 is 1.29 bits per heavy atom. The normalized spacial score (nSPS) is 12.0. The van der Waals surface area contributed by atoms with Crippen LogP contribution in [0.5, 0.6) is 0 Å².